The topological polar surface area (TPSA) is 58.6 Å². The van der Waals surface area contributed by atoms with Crippen LogP contribution in [0.15, 0.2) is 24.3 Å². The van der Waals surface area contributed by atoms with Crippen molar-refractivity contribution in [3.05, 3.63) is 34.9 Å². The average Bonchev–Trinajstić information content (AvgIpc) is 2.65. The lowest BCUT2D eigenvalue weighted by atomic mass is 9.64. The van der Waals surface area contributed by atoms with Crippen LogP contribution in [0.2, 0.25) is 5.02 Å². The molecular formula is C20H27ClN2O3. The van der Waals surface area contributed by atoms with Gasteiger partial charge in [-0.05, 0) is 37.0 Å². The van der Waals surface area contributed by atoms with E-state index in [1.807, 2.05) is 29.2 Å². The molecule has 26 heavy (non-hydrogen) atoms. The lowest BCUT2D eigenvalue weighted by molar-refractivity contribution is -0.156. The highest BCUT2D eigenvalue weighted by Gasteiger charge is 2.52. The zero-order valence-corrected chi connectivity index (χ0v) is 16.1. The van der Waals surface area contributed by atoms with E-state index in [1.165, 1.54) is 0 Å². The van der Waals surface area contributed by atoms with E-state index >= 15 is 0 Å². The number of methoxy groups -OCH3 is 1. The molecule has 2 amide bonds. The molecular weight excluding hydrogens is 352 g/mol. The van der Waals surface area contributed by atoms with Gasteiger partial charge in [-0.25, -0.2) is 0 Å². The third kappa shape index (κ3) is 3.89. The van der Waals surface area contributed by atoms with Crippen LogP contribution >= 0.6 is 11.6 Å². The van der Waals surface area contributed by atoms with E-state index in [1.54, 1.807) is 7.11 Å². The van der Waals surface area contributed by atoms with Crippen molar-refractivity contribution in [3.63, 3.8) is 0 Å². The normalized spacial score (nSPS) is 25.7. The van der Waals surface area contributed by atoms with Crippen molar-refractivity contribution >= 4 is 23.4 Å². The Morgan fingerprint density at radius 2 is 2.23 bits per heavy atom. The summed E-state index contributed by atoms with van der Waals surface area (Å²) in [6.07, 6.45) is 4.90. The lowest BCUT2D eigenvalue weighted by Crippen LogP contribution is -2.62. The molecule has 1 aromatic carbocycles. The predicted octanol–water partition coefficient (Wildman–Crippen LogP) is 3.15. The number of benzene rings is 1. The Morgan fingerprint density at radius 1 is 1.38 bits per heavy atom. The molecule has 1 saturated heterocycles. The van der Waals surface area contributed by atoms with Crippen LogP contribution in [-0.4, -0.2) is 43.0 Å². The summed E-state index contributed by atoms with van der Waals surface area (Å²) in [6.45, 7) is 1.52. The molecule has 2 aliphatic rings. The number of nitrogens with one attached hydrogen (secondary N) is 1. The SMILES string of the molecule is COCCN1C(=O)CC[C@]2(C(=O)NCc3cccc(Cl)c3)CCCC[C@@H]12. The van der Waals surface area contributed by atoms with E-state index in [-0.39, 0.29) is 17.9 Å². The Labute approximate surface area is 160 Å². The van der Waals surface area contributed by atoms with Gasteiger partial charge in [-0.2, -0.15) is 0 Å². The van der Waals surface area contributed by atoms with Crippen LogP contribution in [0.4, 0.5) is 0 Å². The third-order valence-corrected chi connectivity index (χ3v) is 6.04. The number of fused-ring (bicyclic) bond motifs is 1. The van der Waals surface area contributed by atoms with Gasteiger partial charge in [0, 0.05) is 37.7 Å². The van der Waals surface area contributed by atoms with Crippen LogP contribution in [-0.2, 0) is 20.9 Å². The maximum atomic E-state index is 13.2. The Bertz CT molecular complexity index is 666. The molecule has 6 heteroatoms. The van der Waals surface area contributed by atoms with Gasteiger partial charge in [0.2, 0.25) is 11.8 Å². The van der Waals surface area contributed by atoms with Gasteiger partial charge in [0.1, 0.15) is 0 Å². The number of carbonyl (C=O) groups excluding carboxylic acids is 2. The molecule has 1 saturated carbocycles. The molecule has 0 radical (unpaired) electrons. The molecule has 142 valence electrons. The quantitative estimate of drug-likeness (QED) is 0.827. The number of piperidine rings is 1. The Kier molecular flexibility index (Phi) is 6.20. The standard InChI is InChI=1S/C20H27ClN2O3/c1-26-12-11-23-17-7-2-3-9-20(17,10-8-18(23)24)19(25)22-14-15-5-4-6-16(21)13-15/h4-6,13,17H,2-3,7-12,14H2,1H3,(H,22,25)/t17-,20-/m1/s1. The minimum atomic E-state index is -0.474. The second kappa shape index (κ2) is 8.40. The van der Waals surface area contributed by atoms with E-state index in [9.17, 15) is 9.59 Å². The number of ether oxygens (including phenoxy) is 1. The van der Waals surface area contributed by atoms with Gasteiger partial charge in [0.05, 0.1) is 12.0 Å². The summed E-state index contributed by atoms with van der Waals surface area (Å²) in [7, 11) is 1.64. The van der Waals surface area contributed by atoms with E-state index < -0.39 is 5.41 Å². The van der Waals surface area contributed by atoms with Gasteiger partial charge >= 0.3 is 0 Å². The van der Waals surface area contributed by atoms with Crippen molar-refractivity contribution in [1.29, 1.82) is 0 Å². The molecule has 0 unspecified atom stereocenters. The zero-order chi connectivity index (χ0) is 18.6. The van der Waals surface area contributed by atoms with Crippen LogP contribution in [0.1, 0.15) is 44.1 Å². The van der Waals surface area contributed by atoms with Crippen LogP contribution < -0.4 is 5.32 Å². The molecule has 2 fully saturated rings. The van der Waals surface area contributed by atoms with Crippen LogP contribution in [0.25, 0.3) is 0 Å². The van der Waals surface area contributed by atoms with Crippen LogP contribution in [0.5, 0.6) is 0 Å². The van der Waals surface area contributed by atoms with E-state index in [4.69, 9.17) is 16.3 Å². The number of nitrogens with zero attached hydrogens (tertiary/aromatic N) is 1. The minimum absolute atomic E-state index is 0.0213. The van der Waals surface area contributed by atoms with Crippen molar-refractivity contribution in [3.8, 4) is 0 Å². The van der Waals surface area contributed by atoms with Gasteiger partial charge < -0.3 is 15.0 Å². The van der Waals surface area contributed by atoms with E-state index in [0.717, 1.165) is 31.2 Å². The first-order valence-electron chi connectivity index (χ1n) is 9.38. The molecule has 2 atom stereocenters. The minimum Gasteiger partial charge on any atom is -0.383 e. The highest BCUT2D eigenvalue weighted by Crippen LogP contribution is 2.46. The first-order chi connectivity index (χ1) is 12.6. The number of rotatable bonds is 6. The van der Waals surface area contributed by atoms with Crippen LogP contribution in [0, 0.1) is 5.41 Å². The summed E-state index contributed by atoms with van der Waals surface area (Å²) >= 11 is 6.03. The first kappa shape index (κ1) is 19.2. The summed E-state index contributed by atoms with van der Waals surface area (Å²) in [4.78, 5) is 27.6. The summed E-state index contributed by atoms with van der Waals surface area (Å²) in [5, 5.41) is 3.78. The average molecular weight is 379 g/mol. The fraction of sp³-hybridized carbons (Fsp3) is 0.600. The number of likely N-dealkylation sites (tertiary alicyclic amines) is 1. The molecule has 0 bridgehead atoms. The first-order valence-corrected chi connectivity index (χ1v) is 9.76. The monoisotopic (exact) mass is 378 g/mol. The Morgan fingerprint density at radius 3 is 3.00 bits per heavy atom. The second-order valence-electron chi connectivity index (χ2n) is 7.31. The van der Waals surface area contributed by atoms with Crippen molar-refractivity contribution in [2.45, 2.75) is 51.1 Å². The van der Waals surface area contributed by atoms with Crippen LogP contribution in [0.3, 0.4) is 0 Å². The molecule has 3 rings (SSSR count). The number of halogens is 1. The second-order valence-corrected chi connectivity index (χ2v) is 7.75. The molecule has 1 heterocycles. The van der Waals surface area contributed by atoms with Crippen molar-refractivity contribution < 1.29 is 14.3 Å². The van der Waals surface area contributed by atoms with Gasteiger partial charge in [-0.1, -0.05) is 36.6 Å². The van der Waals surface area contributed by atoms with E-state index in [0.29, 0.717) is 37.6 Å². The van der Waals surface area contributed by atoms with Crippen molar-refractivity contribution in [2.24, 2.45) is 5.41 Å². The lowest BCUT2D eigenvalue weighted by Gasteiger charge is -2.51. The maximum absolute atomic E-state index is 13.2. The summed E-state index contributed by atoms with van der Waals surface area (Å²) < 4.78 is 5.18. The molecule has 1 N–H and O–H groups in total. The molecule has 1 aliphatic heterocycles. The summed E-state index contributed by atoms with van der Waals surface area (Å²) in [5.41, 5.74) is 0.510. The smallest absolute Gasteiger partial charge is 0.228 e. The Balaban J connectivity index is 1.75. The fourth-order valence-electron chi connectivity index (χ4n) is 4.47. The van der Waals surface area contributed by atoms with Crippen molar-refractivity contribution in [2.75, 3.05) is 20.3 Å². The van der Waals surface area contributed by atoms with Gasteiger partial charge in [-0.3, -0.25) is 9.59 Å². The van der Waals surface area contributed by atoms with E-state index in [2.05, 4.69) is 5.32 Å². The molecule has 1 aromatic rings. The number of hydrogen-bond acceptors (Lipinski definition) is 3. The Hall–Kier alpha value is -1.59. The summed E-state index contributed by atoms with van der Waals surface area (Å²) in [6, 6.07) is 7.51. The maximum Gasteiger partial charge on any atom is 0.228 e. The number of hydrogen-bond donors (Lipinski definition) is 1. The summed E-state index contributed by atoms with van der Waals surface area (Å²) in [5.74, 6) is 0.212. The van der Waals surface area contributed by atoms with Gasteiger partial charge in [0.15, 0.2) is 0 Å². The van der Waals surface area contributed by atoms with Crippen molar-refractivity contribution in [1.82, 2.24) is 10.2 Å². The number of carbonyl (C=O) groups is 2. The molecule has 5 nitrogen and oxygen atoms in total. The molecule has 0 spiro atoms. The fourth-order valence-corrected chi connectivity index (χ4v) is 4.68. The highest BCUT2D eigenvalue weighted by molar-refractivity contribution is 6.30. The zero-order valence-electron chi connectivity index (χ0n) is 15.3. The van der Waals surface area contributed by atoms with Gasteiger partial charge in [-0.15, -0.1) is 0 Å². The highest BCUT2D eigenvalue weighted by atomic mass is 35.5. The third-order valence-electron chi connectivity index (χ3n) is 5.80. The molecule has 1 aliphatic carbocycles. The van der Waals surface area contributed by atoms with Gasteiger partial charge in [0.25, 0.3) is 0 Å². The largest absolute Gasteiger partial charge is 0.383 e. The molecule has 0 aromatic heterocycles. The number of amides is 2. The predicted molar refractivity (Wildman–Crippen MR) is 101 cm³/mol.